The van der Waals surface area contributed by atoms with Crippen molar-refractivity contribution in [3.8, 4) is 0 Å². The molecule has 0 fully saturated rings. The van der Waals surface area contributed by atoms with Gasteiger partial charge in [-0.15, -0.1) is 0 Å². The van der Waals surface area contributed by atoms with Crippen LogP contribution in [0.5, 0.6) is 0 Å². The Kier molecular flexibility index (Phi) is 3.55. The Bertz CT molecular complexity index is 544. The monoisotopic (exact) mass is 228 g/mol. The van der Waals surface area contributed by atoms with Crippen molar-refractivity contribution in [1.29, 1.82) is 0 Å². The van der Waals surface area contributed by atoms with E-state index >= 15 is 0 Å². The Morgan fingerprint density at radius 2 is 1.82 bits per heavy atom. The minimum Gasteiger partial charge on any atom is -0.384 e. The van der Waals surface area contributed by atoms with Gasteiger partial charge in [-0.25, -0.2) is 0 Å². The van der Waals surface area contributed by atoms with Crippen LogP contribution in [0.1, 0.15) is 22.3 Å². The number of aryl methyl sites for hydroxylation is 1. The van der Waals surface area contributed by atoms with Gasteiger partial charge >= 0.3 is 0 Å². The molecular weight excluding hydrogens is 212 g/mol. The summed E-state index contributed by atoms with van der Waals surface area (Å²) in [5.41, 5.74) is 1.99. The maximum Gasteiger partial charge on any atom is 0.165 e. The summed E-state index contributed by atoms with van der Waals surface area (Å²) in [7, 11) is 1.61. The summed E-state index contributed by atoms with van der Waals surface area (Å²) in [6.07, 6.45) is 0.434. The van der Waals surface area contributed by atoms with Gasteiger partial charge in [-0.05, 0) is 23.3 Å². The number of methoxy groups -OCH3 is 1. The molecule has 0 saturated carbocycles. The van der Waals surface area contributed by atoms with Crippen molar-refractivity contribution in [3.63, 3.8) is 0 Å². The Labute approximate surface area is 101 Å². The summed E-state index contributed by atoms with van der Waals surface area (Å²) in [4.78, 5) is 12.0. The molecule has 2 rings (SSSR count). The fourth-order valence-corrected chi connectivity index (χ4v) is 2.02. The average molecular weight is 228 g/mol. The van der Waals surface area contributed by atoms with Gasteiger partial charge in [-0.3, -0.25) is 4.79 Å². The first kappa shape index (κ1) is 11.8. The molecule has 0 aromatic heterocycles. The first-order chi connectivity index (χ1) is 8.24. The first-order valence-electron chi connectivity index (χ1n) is 5.74. The van der Waals surface area contributed by atoms with Gasteiger partial charge in [0, 0.05) is 19.1 Å². The number of hydrogen-bond acceptors (Lipinski definition) is 2. The number of rotatable bonds is 4. The summed E-state index contributed by atoms with van der Waals surface area (Å²) < 4.78 is 4.95. The van der Waals surface area contributed by atoms with Crippen LogP contribution >= 0.6 is 0 Å². The second kappa shape index (κ2) is 5.11. The lowest BCUT2D eigenvalue weighted by atomic mass is 9.97. The molecule has 2 nitrogen and oxygen atoms in total. The van der Waals surface area contributed by atoms with Gasteiger partial charge in [-0.2, -0.15) is 0 Å². The van der Waals surface area contributed by atoms with E-state index in [9.17, 15) is 4.79 Å². The van der Waals surface area contributed by atoms with Crippen LogP contribution in [-0.2, 0) is 4.74 Å². The van der Waals surface area contributed by atoms with Crippen molar-refractivity contribution in [3.05, 3.63) is 47.5 Å². The molecule has 0 aliphatic rings. The van der Waals surface area contributed by atoms with E-state index in [1.165, 1.54) is 5.56 Å². The number of ether oxygens (including phenoxy) is 1. The van der Waals surface area contributed by atoms with Crippen LogP contribution in [0.15, 0.2) is 36.4 Å². The van der Waals surface area contributed by atoms with E-state index in [-0.39, 0.29) is 5.78 Å². The minimum absolute atomic E-state index is 0.142. The number of Topliss-reactive ketones (excluding diaryl/α,β-unsaturated/α-hetero) is 1. The van der Waals surface area contributed by atoms with Gasteiger partial charge in [0.1, 0.15) is 0 Å². The van der Waals surface area contributed by atoms with Gasteiger partial charge in [0.05, 0.1) is 6.61 Å². The second-order valence-electron chi connectivity index (χ2n) is 4.14. The van der Waals surface area contributed by atoms with Gasteiger partial charge in [0.15, 0.2) is 5.78 Å². The molecule has 0 saturated heterocycles. The Morgan fingerprint density at radius 3 is 2.53 bits per heavy atom. The molecule has 0 aliphatic carbocycles. The summed E-state index contributed by atoms with van der Waals surface area (Å²) in [6.45, 7) is 2.53. The van der Waals surface area contributed by atoms with E-state index in [0.717, 1.165) is 16.3 Å². The number of ketones is 1. The highest BCUT2D eigenvalue weighted by Crippen LogP contribution is 2.23. The van der Waals surface area contributed by atoms with Gasteiger partial charge in [0.25, 0.3) is 0 Å². The minimum atomic E-state index is 0.142. The van der Waals surface area contributed by atoms with E-state index in [2.05, 4.69) is 13.0 Å². The van der Waals surface area contributed by atoms with Gasteiger partial charge in [0.2, 0.25) is 0 Å². The van der Waals surface area contributed by atoms with E-state index in [4.69, 9.17) is 4.74 Å². The molecule has 0 radical (unpaired) electrons. The van der Waals surface area contributed by atoms with Crippen molar-refractivity contribution < 1.29 is 9.53 Å². The molecule has 0 amide bonds. The molecule has 0 unspecified atom stereocenters. The number of hydrogen-bond donors (Lipinski definition) is 0. The van der Waals surface area contributed by atoms with Gasteiger partial charge in [-0.1, -0.05) is 36.4 Å². The number of carbonyl (C=O) groups is 1. The van der Waals surface area contributed by atoms with Crippen LogP contribution in [0, 0.1) is 6.92 Å². The SMILES string of the molecule is COCCC(=O)c1ccc(C)c2ccccc12. The summed E-state index contributed by atoms with van der Waals surface area (Å²) in [6, 6.07) is 11.9. The van der Waals surface area contributed by atoms with Crippen LogP contribution in [0.3, 0.4) is 0 Å². The molecule has 2 heteroatoms. The number of fused-ring (bicyclic) bond motifs is 1. The molecule has 0 aliphatic heterocycles. The van der Waals surface area contributed by atoms with E-state index in [0.29, 0.717) is 13.0 Å². The molecule has 17 heavy (non-hydrogen) atoms. The second-order valence-corrected chi connectivity index (χ2v) is 4.14. The lowest BCUT2D eigenvalue weighted by Gasteiger charge is -2.07. The van der Waals surface area contributed by atoms with E-state index in [1.54, 1.807) is 7.11 Å². The van der Waals surface area contributed by atoms with Crippen LogP contribution in [0.2, 0.25) is 0 Å². The molecular formula is C15H16O2. The Morgan fingerprint density at radius 1 is 1.12 bits per heavy atom. The highest BCUT2D eigenvalue weighted by molar-refractivity contribution is 6.08. The summed E-state index contributed by atoms with van der Waals surface area (Å²) >= 11 is 0. The maximum atomic E-state index is 12.0. The van der Waals surface area contributed by atoms with Crippen molar-refractivity contribution in [1.82, 2.24) is 0 Å². The molecule has 2 aromatic rings. The van der Waals surface area contributed by atoms with Gasteiger partial charge < -0.3 is 4.74 Å². The normalized spacial score (nSPS) is 10.7. The third-order valence-electron chi connectivity index (χ3n) is 2.98. The molecule has 0 spiro atoms. The molecule has 0 N–H and O–H groups in total. The Balaban J connectivity index is 2.48. The smallest absolute Gasteiger partial charge is 0.165 e. The number of benzene rings is 2. The predicted octanol–water partition coefficient (Wildman–Crippen LogP) is 3.37. The van der Waals surface area contributed by atoms with Crippen molar-refractivity contribution in [2.24, 2.45) is 0 Å². The largest absolute Gasteiger partial charge is 0.384 e. The zero-order valence-electron chi connectivity index (χ0n) is 10.2. The molecule has 0 atom stereocenters. The van der Waals surface area contributed by atoms with Crippen LogP contribution in [0.25, 0.3) is 10.8 Å². The summed E-state index contributed by atoms with van der Waals surface area (Å²) in [5.74, 6) is 0.142. The molecule has 0 heterocycles. The zero-order chi connectivity index (χ0) is 12.3. The lowest BCUT2D eigenvalue weighted by Crippen LogP contribution is -2.04. The average Bonchev–Trinajstić information content (AvgIpc) is 2.37. The van der Waals surface area contributed by atoms with Crippen LogP contribution in [-0.4, -0.2) is 19.5 Å². The predicted molar refractivity (Wildman–Crippen MR) is 69.5 cm³/mol. The highest BCUT2D eigenvalue weighted by Gasteiger charge is 2.10. The van der Waals surface area contributed by atoms with E-state index < -0.39 is 0 Å². The highest BCUT2D eigenvalue weighted by atomic mass is 16.5. The number of carbonyl (C=O) groups excluding carboxylic acids is 1. The van der Waals surface area contributed by atoms with Crippen molar-refractivity contribution >= 4 is 16.6 Å². The van der Waals surface area contributed by atoms with Crippen molar-refractivity contribution in [2.75, 3.05) is 13.7 Å². The third-order valence-corrected chi connectivity index (χ3v) is 2.98. The molecule has 0 bridgehead atoms. The topological polar surface area (TPSA) is 26.3 Å². The Hall–Kier alpha value is -1.67. The van der Waals surface area contributed by atoms with Crippen LogP contribution in [0.4, 0.5) is 0 Å². The maximum absolute atomic E-state index is 12.0. The first-order valence-corrected chi connectivity index (χ1v) is 5.74. The fourth-order valence-electron chi connectivity index (χ4n) is 2.02. The zero-order valence-corrected chi connectivity index (χ0v) is 10.2. The molecule has 88 valence electrons. The summed E-state index contributed by atoms with van der Waals surface area (Å²) in [5, 5.41) is 2.18. The quantitative estimate of drug-likeness (QED) is 0.750. The molecule has 2 aromatic carbocycles. The van der Waals surface area contributed by atoms with Crippen molar-refractivity contribution in [2.45, 2.75) is 13.3 Å². The lowest BCUT2D eigenvalue weighted by molar-refractivity contribution is 0.0934. The van der Waals surface area contributed by atoms with Crippen LogP contribution < -0.4 is 0 Å². The fraction of sp³-hybridized carbons (Fsp3) is 0.267. The van der Waals surface area contributed by atoms with E-state index in [1.807, 2.05) is 30.3 Å². The standard InChI is InChI=1S/C15H16O2/c1-11-7-8-14(15(16)9-10-17-2)13-6-4-3-5-12(11)13/h3-8H,9-10H2,1-2H3. The third kappa shape index (κ3) is 2.37.